The van der Waals surface area contributed by atoms with E-state index in [2.05, 4.69) is 55.2 Å². The maximum Gasteiger partial charge on any atom is 0.149 e. The van der Waals surface area contributed by atoms with Crippen molar-refractivity contribution in [2.24, 2.45) is 0 Å². The van der Waals surface area contributed by atoms with Crippen LogP contribution in [0.25, 0.3) is 0 Å². The molecule has 0 aliphatic heterocycles. The number of benzene rings is 1. The second kappa shape index (κ2) is 5.90. The molecule has 1 aliphatic carbocycles. The van der Waals surface area contributed by atoms with E-state index < -0.39 is 0 Å². The van der Waals surface area contributed by atoms with Gasteiger partial charge in [-0.2, -0.15) is 0 Å². The molecule has 17 heavy (non-hydrogen) atoms. The summed E-state index contributed by atoms with van der Waals surface area (Å²) in [7, 11) is 0. The second-order valence-electron chi connectivity index (χ2n) is 4.04. The minimum Gasteiger partial charge on any atom is -0.479 e. The lowest BCUT2D eigenvalue weighted by molar-refractivity contribution is 0.365. The molecule has 0 bridgehead atoms. The Morgan fingerprint density at radius 1 is 1.35 bits per heavy atom. The van der Waals surface area contributed by atoms with Gasteiger partial charge in [-0.25, -0.2) is 0 Å². The van der Waals surface area contributed by atoms with Gasteiger partial charge < -0.3 is 10.1 Å². The van der Waals surface area contributed by atoms with Gasteiger partial charge in [0.1, 0.15) is 12.4 Å². The lowest BCUT2D eigenvalue weighted by Gasteiger charge is -2.11. The fraction of sp³-hybridized carbons (Fsp3) is 0.385. The van der Waals surface area contributed by atoms with Crippen LogP contribution in [-0.2, 0) is 6.54 Å². The van der Waals surface area contributed by atoms with Crippen molar-refractivity contribution in [2.75, 3.05) is 6.61 Å². The molecule has 0 spiro atoms. The number of ether oxygens (including phenoxy) is 1. The van der Waals surface area contributed by atoms with Crippen LogP contribution in [0.1, 0.15) is 18.4 Å². The Morgan fingerprint density at radius 2 is 2.00 bits per heavy atom. The van der Waals surface area contributed by atoms with Crippen LogP contribution in [0, 0.1) is 12.3 Å². The zero-order valence-electron chi connectivity index (χ0n) is 9.30. The van der Waals surface area contributed by atoms with E-state index in [1.54, 1.807) is 0 Å². The van der Waals surface area contributed by atoms with Crippen molar-refractivity contribution in [3.05, 3.63) is 26.6 Å². The van der Waals surface area contributed by atoms with Crippen LogP contribution in [0.5, 0.6) is 5.75 Å². The Hall–Kier alpha value is -0.500. The number of terminal acetylenes is 1. The molecule has 0 heterocycles. The number of rotatable bonds is 5. The van der Waals surface area contributed by atoms with Gasteiger partial charge in [0.25, 0.3) is 0 Å². The first-order chi connectivity index (χ1) is 8.20. The monoisotopic (exact) mass is 357 g/mol. The molecule has 1 N–H and O–H groups in total. The van der Waals surface area contributed by atoms with Crippen molar-refractivity contribution in [2.45, 2.75) is 25.4 Å². The zero-order valence-corrected chi connectivity index (χ0v) is 12.5. The highest BCUT2D eigenvalue weighted by atomic mass is 79.9. The Balaban J connectivity index is 2.06. The molecule has 2 nitrogen and oxygen atoms in total. The predicted octanol–water partition coefficient (Wildman–Crippen LogP) is 3.48. The lowest BCUT2D eigenvalue weighted by atomic mass is 10.2. The molecule has 1 saturated carbocycles. The topological polar surface area (TPSA) is 21.3 Å². The summed E-state index contributed by atoms with van der Waals surface area (Å²) >= 11 is 7.00. The Bertz CT molecular complexity index is 426. The molecule has 2 rings (SSSR count). The molecule has 0 unspecified atom stereocenters. The molecule has 0 radical (unpaired) electrons. The van der Waals surface area contributed by atoms with E-state index >= 15 is 0 Å². The summed E-state index contributed by atoms with van der Waals surface area (Å²) in [5.41, 5.74) is 1.23. The summed E-state index contributed by atoms with van der Waals surface area (Å²) in [6, 6.07) is 4.84. The normalized spacial score (nSPS) is 14.4. The quantitative estimate of drug-likeness (QED) is 0.813. The smallest absolute Gasteiger partial charge is 0.149 e. The third-order valence-corrected chi connectivity index (χ3v) is 3.71. The maximum absolute atomic E-state index is 5.46. The molecule has 0 atom stereocenters. The van der Waals surface area contributed by atoms with Crippen molar-refractivity contribution in [3.8, 4) is 18.1 Å². The number of hydrogen-bond donors (Lipinski definition) is 1. The van der Waals surface area contributed by atoms with Gasteiger partial charge in [-0.05, 0) is 62.4 Å². The first-order valence-corrected chi connectivity index (χ1v) is 7.07. The lowest BCUT2D eigenvalue weighted by Crippen LogP contribution is -2.15. The molecule has 0 amide bonds. The highest BCUT2D eigenvalue weighted by molar-refractivity contribution is 9.11. The van der Waals surface area contributed by atoms with Crippen molar-refractivity contribution in [3.63, 3.8) is 0 Å². The Morgan fingerprint density at radius 3 is 2.53 bits per heavy atom. The van der Waals surface area contributed by atoms with E-state index in [-0.39, 0.29) is 6.61 Å². The van der Waals surface area contributed by atoms with Crippen molar-refractivity contribution in [1.82, 2.24) is 5.32 Å². The molecular formula is C13H13Br2NO. The summed E-state index contributed by atoms with van der Waals surface area (Å²) in [6.07, 6.45) is 7.77. The van der Waals surface area contributed by atoms with Gasteiger partial charge in [0, 0.05) is 12.6 Å². The average molecular weight is 359 g/mol. The van der Waals surface area contributed by atoms with Crippen LogP contribution in [0.2, 0.25) is 0 Å². The van der Waals surface area contributed by atoms with E-state index in [1.807, 2.05) is 0 Å². The van der Waals surface area contributed by atoms with E-state index in [1.165, 1.54) is 18.4 Å². The summed E-state index contributed by atoms with van der Waals surface area (Å²) in [4.78, 5) is 0. The molecule has 0 saturated heterocycles. The fourth-order valence-electron chi connectivity index (χ4n) is 1.52. The molecule has 1 aromatic carbocycles. The number of nitrogens with one attached hydrogen (secondary N) is 1. The van der Waals surface area contributed by atoms with Crippen molar-refractivity contribution < 1.29 is 4.74 Å². The molecular weight excluding hydrogens is 346 g/mol. The molecule has 90 valence electrons. The SMILES string of the molecule is C#CCOc1c(Br)cc(CNC2CC2)cc1Br. The highest BCUT2D eigenvalue weighted by Crippen LogP contribution is 2.35. The van der Waals surface area contributed by atoms with Crippen LogP contribution < -0.4 is 10.1 Å². The van der Waals surface area contributed by atoms with Crippen molar-refractivity contribution >= 4 is 31.9 Å². The molecule has 1 fully saturated rings. The van der Waals surface area contributed by atoms with Crippen LogP contribution in [0.15, 0.2) is 21.1 Å². The van der Waals surface area contributed by atoms with Crippen LogP contribution in [0.4, 0.5) is 0 Å². The zero-order chi connectivity index (χ0) is 12.3. The highest BCUT2D eigenvalue weighted by Gasteiger charge is 2.20. The maximum atomic E-state index is 5.46. The van der Waals surface area contributed by atoms with Gasteiger partial charge in [-0.15, -0.1) is 6.42 Å². The van der Waals surface area contributed by atoms with E-state index in [4.69, 9.17) is 11.2 Å². The summed E-state index contributed by atoms with van der Waals surface area (Å²) in [5.74, 6) is 3.22. The minimum atomic E-state index is 0.275. The average Bonchev–Trinajstić information content (AvgIpc) is 3.09. The largest absolute Gasteiger partial charge is 0.479 e. The molecule has 1 aromatic rings. The first kappa shape index (κ1) is 12.9. The van der Waals surface area contributed by atoms with Gasteiger partial charge in [0.15, 0.2) is 0 Å². The molecule has 4 heteroatoms. The fourth-order valence-corrected chi connectivity index (χ4v) is 3.03. The predicted molar refractivity (Wildman–Crippen MR) is 76.0 cm³/mol. The number of halogens is 2. The summed E-state index contributed by atoms with van der Waals surface area (Å²) in [6.45, 7) is 1.16. The molecule has 0 aromatic heterocycles. The van der Waals surface area contributed by atoms with E-state index in [0.29, 0.717) is 6.04 Å². The van der Waals surface area contributed by atoms with Crippen LogP contribution in [0.3, 0.4) is 0 Å². The second-order valence-corrected chi connectivity index (χ2v) is 5.75. The van der Waals surface area contributed by atoms with Gasteiger partial charge in [0.2, 0.25) is 0 Å². The third-order valence-electron chi connectivity index (χ3n) is 2.53. The van der Waals surface area contributed by atoms with Crippen molar-refractivity contribution in [1.29, 1.82) is 0 Å². The third kappa shape index (κ3) is 3.74. The van der Waals surface area contributed by atoms with Gasteiger partial charge >= 0.3 is 0 Å². The van der Waals surface area contributed by atoms with Crippen LogP contribution in [-0.4, -0.2) is 12.6 Å². The van der Waals surface area contributed by atoms with E-state index in [0.717, 1.165) is 21.2 Å². The summed E-state index contributed by atoms with van der Waals surface area (Å²) < 4.78 is 7.31. The van der Waals surface area contributed by atoms with Crippen LogP contribution >= 0.6 is 31.9 Å². The van der Waals surface area contributed by atoms with E-state index in [9.17, 15) is 0 Å². The van der Waals surface area contributed by atoms with Gasteiger partial charge in [-0.3, -0.25) is 0 Å². The minimum absolute atomic E-state index is 0.275. The summed E-state index contributed by atoms with van der Waals surface area (Å²) in [5, 5.41) is 3.48. The first-order valence-electron chi connectivity index (χ1n) is 5.48. The van der Waals surface area contributed by atoms with Gasteiger partial charge in [-0.1, -0.05) is 5.92 Å². The Kier molecular flexibility index (Phi) is 4.49. The molecule has 1 aliphatic rings. The Labute approximate surface area is 118 Å². The number of hydrogen-bond acceptors (Lipinski definition) is 2. The van der Waals surface area contributed by atoms with Gasteiger partial charge in [0.05, 0.1) is 8.95 Å². The standard InChI is InChI=1S/C13H13Br2NO/c1-2-5-17-13-11(14)6-9(7-12(13)15)8-16-10-3-4-10/h1,6-7,10,16H,3-5,8H2.